The van der Waals surface area contributed by atoms with E-state index in [1.54, 1.807) is 0 Å². The molecule has 92 valence electrons. The molecule has 1 aromatic carbocycles. The van der Waals surface area contributed by atoms with Crippen molar-refractivity contribution < 1.29 is 9.90 Å². The lowest BCUT2D eigenvalue weighted by Gasteiger charge is -2.37. The van der Waals surface area contributed by atoms with Gasteiger partial charge in [-0.1, -0.05) is 37.3 Å². The molecule has 1 heterocycles. The van der Waals surface area contributed by atoms with Gasteiger partial charge in [0.25, 0.3) is 0 Å². The highest BCUT2D eigenvalue weighted by Crippen LogP contribution is 2.22. The normalized spacial score (nSPS) is 18.6. The maximum absolute atomic E-state index is 10.7. The van der Waals surface area contributed by atoms with Crippen molar-refractivity contribution in [1.29, 1.82) is 0 Å². The number of nitrogens with zero attached hydrogens (tertiary/aromatic N) is 1. The van der Waals surface area contributed by atoms with Gasteiger partial charge >= 0.3 is 5.97 Å². The summed E-state index contributed by atoms with van der Waals surface area (Å²) >= 11 is 0. The molecule has 3 nitrogen and oxygen atoms in total. The Morgan fingerprint density at radius 1 is 1.41 bits per heavy atom. The van der Waals surface area contributed by atoms with Crippen molar-refractivity contribution in [3.05, 3.63) is 35.9 Å². The molecule has 1 atom stereocenters. The third kappa shape index (κ3) is 3.07. The van der Waals surface area contributed by atoms with E-state index < -0.39 is 5.97 Å². The minimum Gasteiger partial charge on any atom is -0.481 e. The molecule has 3 heteroatoms. The fourth-order valence-corrected chi connectivity index (χ4v) is 2.23. The van der Waals surface area contributed by atoms with Crippen molar-refractivity contribution >= 4 is 5.97 Å². The summed E-state index contributed by atoms with van der Waals surface area (Å²) in [5.74, 6) is -0.250. The fourth-order valence-electron chi connectivity index (χ4n) is 2.23. The zero-order valence-corrected chi connectivity index (χ0v) is 10.2. The Hall–Kier alpha value is -1.35. The van der Waals surface area contributed by atoms with E-state index in [2.05, 4.69) is 36.1 Å². The molecule has 0 amide bonds. The number of likely N-dealkylation sites (tertiary alicyclic amines) is 1. The smallest absolute Gasteiger partial charge is 0.309 e. The average molecular weight is 233 g/mol. The molecule has 0 unspecified atom stereocenters. The molecular formula is C14H19NO2. The first-order valence-corrected chi connectivity index (χ1v) is 6.17. The third-order valence-electron chi connectivity index (χ3n) is 3.55. The molecule has 0 radical (unpaired) electrons. The van der Waals surface area contributed by atoms with Gasteiger partial charge in [-0.2, -0.15) is 0 Å². The first-order valence-electron chi connectivity index (χ1n) is 6.17. The molecule has 1 N–H and O–H groups in total. The van der Waals surface area contributed by atoms with E-state index in [1.807, 2.05) is 6.07 Å². The molecule has 1 fully saturated rings. The lowest BCUT2D eigenvalue weighted by Crippen LogP contribution is -2.50. The second kappa shape index (κ2) is 5.32. The van der Waals surface area contributed by atoms with Crippen LogP contribution in [0.25, 0.3) is 0 Å². The standard InChI is InChI=1S/C14H19NO2/c1-11(12-5-3-2-4-6-12)7-8-15-9-13(10-15)14(16)17/h2-6,11,13H,7-10H2,1H3,(H,16,17)/t11-/m0/s1. The van der Waals surface area contributed by atoms with Crippen LogP contribution in [0.15, 0.2) is 30.3 Å². The number of benzene rings is 1. The van der Waals surface area contributed by atoms with Crippen LogP contribution in [-0.2, 0) is 4.79 Å². The molecule has 17 heavy (non-hydrogen) atoms. The van der Waals surface area contributed by atoms with Gasteiger partial charge < -0.3 is 10.0 Å². The summed E-state index contributed by atoms with van der Waals surface area (Å²) in [6, 6.07) is 10.5. The van der Waals surface area contributed by atoms with Crippen LogP contribution in [0.2, 0.25) is 0 Å². The minimum absolute atomic E-state index is 0.137. The maximum Gasteiger partial charge on any atom is 0.309 e. The maximum atomic E-state index is 10.7. The summed E-state index contributed by atoms with van der Waals surface area (Å²) in [7, 11) is 0. The zero-order valence-electron chi connectivity index (χ0n) is 10.2. The van der Waals surface area contributed by atoms with E-state index in [9.17, 15) is 4.79 Å². The number of hydrogen-bond donors (Lipinski definition) is 1. The largest absolute Gasteiger partial charge is 0.481 e. The van der Waals surface area contributed by atoms with Crippen LogP contribution < -0.4 is 0 Å². The number of carbonyl (C=O) groups is 1. The number of hydrogen-bond acceptors (Lipinski definition) is 2. The summed E-state index contributed by atoms with van der Waals surface area (Å²) in [6.07, 6.45) is 1.09. The topological polar surface area (TPSA) is 40.5 Å². The molecule has 1 saturated heterocycles. The van der Waals surface area contributed by atoms with Gasteiger partial charge in [0.05, 0.1) is 5.92 Å². The average Bonchev–Trinajstić information content (AvgIpc) is 2.27. The molecular weight excluding hydrogens is 214 g/mol. The Balaban J connectivity index is 1.72. The Morgan fingerprint density at radius 2 is 2.06 bits per heavy atom. The summed E-state index contributed by atoms with van der Waals surface area (Å²) in [5.41, 5.74) is 1.36. The van der Waals surface area contributed by atoms with Crippen LogP contribution in [0.3, 0.4) is 0 Å². The Bertz CT molecular complexity index is 371. The Kier molecular flexibility index (Phi) is 3.79. The van der Waals surface area contributed by atoms with Crippen LogP contribution >= 0.6 is 0 Å². The second-order valence-electron chi connectivity index (χ2n) is 4.90. The van der Waals surface area contributed by atoms with E-state index in [4.69, 9.17) is 5.11 Å². The van der Waals surface area contributed by atoms with Crippen molar-refractivity contribution in [3.8, 4) is 0 Å². The molecule has 0 spiro atoms. The molecule has 0 bridgehead atoms. The fraction of sp³-hybridized carbons (Fsp3) is 0.500. The van der Waals surface area contributed by atoms with Crippen LogP contribution in [0, 0.1) is 5.92 Å². The van der Waals surface area contributed by atoms with Gasteiger partial charge in [0.1, 0.15) is 0 Å². The van der Waals surface area contributed by atoms with Gasteiger partial charge in [0, 0.05) is 13.1 Å². The van der Waals surface area contributed by atoms with Gasteiger partial charge in [-0.05, 0) is 24.4 Å². The van der Waals surface area contributed by atoms with Gasteiger partial charge in [0.15, 0.2) is 0 Å². The van der Waals surface area contributed by atoms with Gasteiger partial charge in [0.2, 0.25) is 0 Å². The van der Waals surface area contributed by atoms with E-state index in [1.165, 1.54) is 5.56 Å². The monoisotopic (exact) mass is 233 g/mol. The van der Waals surface area contributed by atoms with Gasteiger partial charge in [-0.25, -0.2) is 0 Å². The lowest BCUT2D eigenvalue weighted by atomic mass is 9.95. The predicted octanol–water partition coefficient (Wildman–Crippen LogP) is 2.20. The van der Waals surface area contributed by atoms with Crippen molar-refractivity contribution in [2.24, 2.45) is 5.92 Å². The lowest BCUT2D eigenvalue weighted by molar-refractivity contribution is -0.147. The van der Waals surface area contributed by atoms with Gasteiger partial charge in [-0.15, -0.1) is 0 Å². The highest BCUT2D eigenvalue weighted by molar-refractivity contribution is 5.71. The third-order valence-corrected chi connectivity index (χ3v) is 3.55. The van der Waals surface area contributed by atoms with Crippen LogP contribution in [0.1, 0.15) is 24.8 Å². The summed E-state index contributed by atoms with van der Waals surface area (Å²) in [6.45, 7) is 4.66. The molecule has 1 aliphatic rings. The minimum atomic E-state index is -0.655. The molecule has 2 rings (SSSR count). The van der Waals surface area contributed by atoms with Crippen LogP contribution in [-0.4, -0.2) is 35.6 Å². The van der Waals surface area contributed by atoms with Crippen molar-refractivity contribution in [3.63, 3.8) is 0 Å². The Morgan fingerprint density at radius 3 is 2.65 bits per heavy atom. The zero-order chi connectivity index (χ0) is 12.3. The first kappa shape index (κ1) is 12.1. The quantitative estimate of drug-likeness (QED) is 0.847. The highest BCUT2D eigenvalue weighted by atomic mass is 16.4. The molecule has 1 aromatic rings. The Labute approximate surface area is 102 Å². The second-order valence-corrected chi connectivity index (χ2v) is 4.90. The van der Waals surface area contributed by atoms with E-state index in [-0.39, 0.29) is 5.92 Å². The molecule has 0 saturated carbocycles. The summed E-state index contributed by atoms with van der Waals surface area (Å²) in [5, 5.41) is 8.78. The number of aliphatic carboxylic acids is 1. The van der Waals surface area contributed by atoms with Crippen molar-refractivity contribution in [2.45, 2.75) is 19.3 Å². The first-order chi connectivity index (χ1) is 8.16. The van der Waals surface area contributed by atoms with E-state index >= 15 is 0 Å². The van der Waals surface area contributed by atoms with Crippen molar-refractivity contribution in [1.82, 2.24) is 4.90 Å². The molecule has 0 aliphatic carbocycles. The number of rotatable bonds is 5. The SMILES string of the molecule is C[C@@H](CCN1CC(C(=O)O)C1)c1ccccc1. The highest BCUT2D eigenvalue weighted by Gasteiger charge is 2.31. The van der Waals surface area contributed by atoms with Crippen LogP contribution in [0.4, 0.5) is 0 Å². The predicted molar refractivity (Wildman–Crippen MR) is 67.0 cm³/mol. The number of carboxylic acid groups (broad SMARTS) is 1. The molecule has 1 aliphatic heterocycles. The van der Waals surface area contributed by atoms with Gasteiger partial charge in [-0.3, -0.25) is 4.79 Å². The van der Waals surface area contributed by atoms with E-state index in [0.29, 0.717) is 5.92 Å². The molecule has 0 aromatic heterocycles. The van der Waals surface area contributed by atoms with Crippen LogP contribution in [0.5, 0.6) is 0 Å². The summed E-state index contributed by atoms with van der Waals surface area (Å²) < 4.78 is 0. The van der Waals surface area contributed by atoms with E-state index in [0.717, 1.165) is 26.1 Å². The summed E-state index contributed by atoms with van der Waals surface area (Å²) in [4.78, 5) is 12.9. The number of carboxylic acids is 1. The van der Waals surface area contributed by atoms with Crippen molar-refractivity contribution in [2.75, 3.05) is 19.6 Å².